The molecule has 2 atom stereocenters. The van der Waals surface area contributed by atoms with Crippen LogP contribution in [0.2, 0.25) is 0 Å². The van der Waals surface area contributed by atoms with Crippen LogP contribution < -0.4 is 0 Å². The van der Waals surface area contributed by atoms with Crippen molar-refractivity contribution in [2.24, 2.45) is 5.92 Å². The molecule has 0 spiro atoms. The summed E-state index contributed by atoms with van der Waals surface area (Å²) < 4.78 is 5.48. The Hall–Kier alpha value is -1.34. The molecule has 0 aromatic carbocycles. The summed E-state index contributed by atoms with van der Waals surface area (Å²) in [4.78, 5) is 26.2. The Morgan fingerprint density at radius 1 is 1.40 bits per heavy atom. The molecule has 1 fully saturated rings. The van der Waals surface area contributed by atoms with Gasteiger partial charge in [-0.2, -0.15) is 0 Å². The number of aliphatic carboxylic acids is 1. The fourth-order valence-electron chi connectivity index (χ4n) is 2.32. The Morgan fingerprint density at radius 2 is 2.05 bits per heavy atom. The summed E-state index contributed by atoms with van der Waals surface area (Å²) in [6.07, 6.45) is -0.580. The van der Waals surface area contributed by atoms with Crippen molar-refractivity contribution in [3.05, 3.63) is 0 Å². The van der Waals surface area contributed by atoms with Gasteiger partial charge in [0.15, 0.2) is 0 Å². The number of morpholine rings is 1. The summed E-state index contributed by atoms with van der Waals surface area (Å²) >= 11 is 0. The Kier molecular flexibility index (Phi) is 6.22. The molecule has 1 aliphatic rings. The number of hydrogen-bond donors (Lipinski definition) is 2. The normalized spacial score (nSPS) is 22.9. The molecule has 20 heavy (non-hydrogen) atoms. The molecule has 7 heteroatoms. The average molecular weight is 288 g/mol. The van der Waals surface area contributed by atoms with E-state index in [-0.39, 0.29) is 37.7 Å². The van der Waals surface area contributed by atoms with Crippen LogP contribution in [0.15, 0.2) is 0 Å². The van der Waals surface area contributed by atoms with Crippen LogP contribution in [-0.4, -0.2) is 77.0 Å². The molecule has 2 amide bonds. The fraction of sp³-hybridized carbons (Fsp3) is 0.846. The molecule has 0 aliphatic carbocycles. The standard InChI is InChI=1S/C13H24N2O5/c1-9(2)4-14(7-12(17)18)13(19)15-5-10(3)20-11(6-15)8-16/h9-11,16H,4-8H2,1-3H3,(H,17,18). The SMILES string of the molecule is CC(C)CN(CC(=O)O)C(=O)N1CC(C)OC(CO)C1. The first kappa shape index (κ1) is 16.7. The highest BCUT2D eigenvalue weighted by Crippen LogP contribution is 2.14. The fourth-order valence-corrected chi connectivity index (χ4v) is 2.32. The largest absolute Gasteiger partial charge is 0.480 e. The van der Waals surface area contributed by atoms with Crippen LogP contribution in [0.1, 0.15) is 20.8 Å². The van der Waals surface area contributed by atoms with Crippen LogP contribution in [0.5, 0.6) is 0 Å². The van der Waals surface area contributed by atoms with Crippen molar-refractivity contribution in [1.82, 2.24) is 9.80 Å². The lowest BCUT2D eigenvalue weighted by Gasteiger charge is -2.38. The van der Waals surface area contributed by atoms with E-state index in [1.54, 1.807) is 4.90 Å². The zero-order valence-electron chi connectivity index (χ0n) is 12.3. The number of carboxylic acids is 1. The van der Waals surface area contributed by atoms with Gasteiger partial charge in [0.05, 0.1) is 25.4 Å². The first-order chi connectivity index (χ1) is 9.33. The smallest absolute Gasteiger partial charge is 0.323 e. The van der Waals surface area contributed by atoms with E-state index < -0.39 is 12.1 Å². The summed E-state index contributed by atoms with van der Waals surface area (Å²) in [6.45, 7) is 6.30. The van der Waals surface area contributed by atoms with Crippen LogP contribution in [-0.2, 0) is 9.53 Å². The molecule has 1 saturated heterocycles. The summed E-state index contributed by atoms with van der Waals surface area (Å²) in [5, 5.41) is 18.1. The summed E-state index contributed by atoms with van der Waals surface area (Å²) in [5.41, 5.74) is 0. The zero-order chi connectivity index (χ0) is 15.3. The molecular formula is C13H24N2O5. The molecule has 0 aromatic rings. The van der Waals surface area contributed by atoms with Crippen molar-refractivity contribution in [2.45, 2.75) is 33.0 Å². The monoisotopic (exact) mass is 288 g/mol. The van der Waals surface area contributed by atoms with Crippen molar-refractivity contribution < 1.29 is 24.5 Å². The quantitative estimate of drug-likeness (QED) is 0.756. The minimum atomic E-state index is -1.03. The predicted octanol–water partition coefficient (Wildman–Crippen LogP) is 0.231. The molecule has 2 unspecified atom stereocenters. The van der Waals surface area contributed by atoms with Gasteiger partial charge in [0.1, 0.15) is 6.54 Å². The van der Waals surface area contributed by atoms with Gasteiger partial charge in [-0.3, -0.25) is 4.79 Å². The van der Waals surface area contributed by atoms with E-state index in [0.717, 1.165) is 0 Å². The number of ether oxygens (including phenoxy) is 1. The number of nitrogens with zero attached hydrogens (tertiary/aromatic N) is 2. The van der Waals surface area contributed by atoms with Crippen LogP contribution in [0.3, 0.4) is 0 Å². The van der Waals surface area contributed by atoms with E-state index in [2.05, 4.69) is 0 Å². The van der Waals surface area contributed by atoms with Gasteiger partial charge in [0.25, 0.3) is 0 Å². The van der Waals surface area contributed by atoms with E-state index in [0.29, 0.717) is 13.1 Å². The minimum Gasteiger partial charge on any atom is -0.480 e. The van der Waals surface area contributed by atoms with E-state index in [9.17, 15) is 9.59 Å². The number of carboxylic acid groups (broad SMARTS) is 1. The van der Waals surface area contributed by atoms with Gasteiger partial charge in [-0.15, -0.1) is 0 Å². The molecule has 1 aliphatic heterocycles. The lowest BCUT2D eigenvalue weighted by molar-refractivity contribution is -0.138. The van der Waals surface area contributed by atoms with Crippen molar-refractivity contribution in [3.63, 3.8) is 0 Å². The van der Waals surface area contributed by atoms with Gasteiger partial charge in [-0.1, -0.05) is 13.8 Å². The predicted molar refractivity (Wildman–Crippen MR) is 72.4 cm³/mol. The number of aliphatic hydroxyl groups excluding tert-OH is 1. The first-order valence-corrected chi connectivity index (χ1v) is 6.85. The van der Waals surface area contributed by atoms with Gasteiger partial charge >= 0.3 is 12.0 Å². The Bertz CT molecular complexity index is 348. The maximum atomic E-state index is 12.4. The number of carbonyl (C=O) groups excluding carboxylic acids is 1. The molecular weight excluding hydrogens is 264 g/mol. The van der Waals surface area contributed by atoms with Crippen molar-refractivity contribution in [1.29, 1.82) is 0 Å². The van der Waals surface area contributed by atoms with Crippen LogP contribution in [0.25, 0.3) is 0 Å². The number of rotatable bonds is 5. The van der Waals surface area contributed by atoms with Crippen molar-refractivity contribution in [3.8, 4) is 0 Å². The number of aliphatic hydroxyl groups is 1. The van der Waals surface area contributed by atoms with Gasteiger partial charge in [-0.25, -0.2) is 4.79 Å². The van der Waals surface area contributed by atoms with E-state index in [1.165, 1.54) is 4.90 Å². The second kappa shape index (κ2) is 7.44. The maximum absolute atomic E-state index is 12.4. The second-order valence-corrected chi connectivity index (χ2v) is 5.61. The molecule has 2 N–H and O–H groups in total. The lowest BCUT2D eigenvalue weighted by atomic mass is 10.2. The van der Waals surface area contributed by atoms with Gasteiger partial charge < -0.3 is 24.7 Å². The van der Waals surface area contributed by atoms with Gasteiger partial charge in [0, 0.05) is 13.1 Å². The Labute approximate surface area is 119 Å². The maximum Gasteiger partial charge on any atom is 0.323 e. The van der Waals surface area contributed by atoms with Crippen molar-refractivity contribution >= 4 is 12.0 Å². The molecule has 0 aromatic heterocycles. The summed E-state index contributed by atoms with van der Waals surface area (Å²) in [7, 11) is 0. The van der Waals surface area contributed by atoms with E-state index in [4.69, 9.17) is 14.9 Å². The van der Waals surface area contributed by atoms with E-state index in [1.807, 2.05) is 20.8 Å². The van der Waals surface area contributed by atoms with Gasteiger partial charge in [0.2, 0.25) is 0 Å². The third-order valence-electron chi connectivity index (χ3n) is 2.98. The summed E-state index contributed by atoms with van der Waals surface area (Å²) in [6, 6.07) is -0.310. The third-order valence-corrected chi connectivity index (χ3v) is 2.98. The number of amides is 2. The van der Waals surface area contributed by atoms with Gasteiger partial charge in [-0.05, 0) is 12.8 Å². The third kappa shape index (κ3) is 4.97. The highest BCUT2D eigenvalue weighted by molar-refractivity contribution is 5.80. The second-order valence-electron chi connectivity index (χ2n) is 5.61. The average Bonchev–Trinajstić information content (AvgIpc) is 2.35. The first-order valence-electron chi connectivity index (χ1n) is 6.85. The van der Waals surface area contributed by atoms with E-state index >= 15 is 0 Å². The molecule has 0 radical (unpaired) electrons. The van der Waals surface area contributed by atoms with Crippen LogP contribution >= 0.6 is 0 Å². The van der Waals surface area contributed by atoms with Crippen LogP contribution in [0.4, 0.5) is 4.79 Å². The molecule has 116 valence electrons. The lowest BCUT2D eigenvalue weighted by Crippen LogP contribution is -2.55. The highest BCUT2D eigenvalue weighted by atomic mass is 16.5. The summed E-state index contributed by atoms with van der Waals surface area (Å²) in [5.74, 6) is -0.843. The molecule has 0 bridgehead atoms. The molecule has 0 saturated carbocycles. The number of carbonyl (C=O) groups is 2. The molecule has 1 rings (SSSR count). The number of urea groups is 1. The van der Waals surface area contributed by atoms with Crippen molar-refractivity contribution in [2.75, 3.05) is 32.8 Å². The topological polar surface area (TPSA) is 90.3 Å². The zero-order valence-corrected chi connectivity index (χ0v) is 12.3. The Balaban J connectivity index is 2.73. The number of hydrogen-bond acceptors (Lipinski definition) is 4. The molecule has 1 heterocycles. The molecule has 7 nitrogen and oxygen atoms in total. The minimum absolute atomic E-state index is 0.156. The Morgan fingerprint density at radius 3 is 2.55 bits per heavy atom. The highest BCUT2D eigenvalue weighted by Gasteiger charge is 2.31. The van der Waals surface area contributed by atoms with Crippen LogP contribution in [0, 0.1) is 5.92 Å².